The van der Waals surface area contributed by atoms with Crippen LogP contribution in [0.15, 0.2) is 11.8 Å². The van der Waals surface area contributed by atoms with Gasteiger partial charge in [-0.2, -0.15) is 0 Å². The average Bonchev–Trinajstić information content (AvgIpc) is 2.16. The maximum atomic E-state index is 11.4. The van der Waals surface area contributed by atoms with Gasteiger partial charge >= 0.3 is 0 Å². The smallest absolute Gasteiger partial charge is 0.153 e. The SMILES string of the molecule is CCC1=CN(N(C)C)C(C(C)=O)CC1. The Bertz CT molecular complexity index is 246. The molecule has 3 heteroatoms. The van der Waals surface area contributed by atoms with Crippen molar-refractivity contribution in [3.05, 3.63) is 11.8 Å². The third kappa shape index (κ3) is 2.35. The molecule has 1 unspecified atom stereocenters. The Balaban J connectivity index is 2.83. The van der Waals surface area contributed by atoms with Crippen LogP contribution in [0.1, 0.15) is 33.1 Å². The lowest BCUT2D eigenvalue weighted by molar-refractivity contribution is -0.126. The molecule has 14 heavy (non-hydrogen) atoms. The molecule has 1 rings (SSSR count). The van der Waals surface area contributed by atoms with Crippen molar-refractivity contribution in [2.45, 2.75) is 39.2 Å². The molecule has 0 aromatic carbocycles. The van der Waals surface area contributed by atoms with E-state index < -0.39 is 0 Å². The molecule has 0 saturated carbocycles. The molecule has 0 N–H and O–H groups in total. The van der Waals surface area contributed by atoms with Gasteiger partial charge in [-0.1, -0.05) is 12.5 Å². The molecule has 0 aromatic heterocycles. The summed E-state index contributed by atoms with van der Waals surface area (Å²) in [5, 5.41) is 4.03. The number of allylic oxidation sites excluding steroid dienone is 1. The van der Waals surface area contributed by atoms with Gasteiger partial charge in [0.05, 0.1) is 0 Å². The van der Waals surface area contributed by atoms with Gasteiger partial charge in [0.2, 0.25) is 0 Å². The van der Waals surface area contributed by atoms with Crippen LogP contribution in [0.2, 0.25) is 0 Å². The lowest BCUT2D eigenvalue weighted by Crippen LogP contribution is -2.46. The second-order valence-corrected chi connectivity index (χ2v) is 4.03. The van der Waals surface area contributed by atoms with Crippen LogP contribution in [-0.4, -0.2) is 35.9 Å². The monoisotopic (exact) mass is 196 g/mol. The topological polar surface area (TPSA) is 23.6 Å². The zero-order valence-corrected chi connectivity index (χ0v) is 9.58. The van der Waals surface area contributed by atoms with Crippen molar-refractivity contribution in [3.63, 3.8) is 0 Å². The second-order valence-electron chi connectivity index (χ2n) is 4.03. The second kappa shape index (κ2) is 4.60. The molecule has 1 atom stereocenters. The minimum Gasteiger partial charge on any atom is -0.303 e. The molecule has 0 amide bonds. The van der Waals surface area contributed by atoms with Crippen molar-refractivity contribution in [2.24, 2.45) is 0 Å². The lowest BCUT2D eigenvalue weighted by Gasteiger charge is -2.38. The van der Waals surface area contributed by atoms with Crippen LogP contribution in [0.4, 0.5) is 0 Å². The van der Waals surface area contributed by atoms with Crippen molar-refractivity contribution < 1.29 is 4.79 Å². The van der Waals surface area contributed by atoms with Crippen LogP contribution in [-0.2, 0) is 4.79 Å². The summed E-state index contributed by atoms with van der Waals surface area (Å²) in [6.45, 7) is 3.83. The first-order valence-corrected chi connectivity index (χ1v) is 5.21. The number of carbonyl (C=O) groups excluding carboxylic acids is 1. The normalized spacial score (nSPS) is 22.5. The molecule has 3 nitrogen and oxygen atoms in total. The van der Waals surface area contributed by atoms with E-state index in [1.807, 2.05) is 24.1 Å². The highest BCUT2D eigenvalue weighted by Gasteiger charge is 2.25. The molecule has 1 aliphatic rings. The number of hydrogen-bond acceptors (Lipinski definition) is 3. The summed E-state index contributed by atoms with van der Waals surface area (Å²) in [7, 11) is 3.95. The molecule has 0 bridgehead atoms. The van der Waals surface area contributed by atoms with Gasteiger partial charge in [-0.25, -0.2) is 5.01 Å². The van der Waals surface area contributed by atoms with Crippen LogP contribution >= 0.6 is 0 Å². The van der Waals surface area contributed by atoms with Gasteiger partial charge in [0.25, 0.3) is 0 Å². The highest BCUT2D eigenvalue weighted by molar-refractivity contribution is 5.81. The molecule has 0 saturated heterocycles. The summed E-state index contributed by atoms with van der Waals surface area (Å²) in [6.07, 6.45) is 5.21. The molecule has 0 aliphatic carbocycles. The summed E-state index contributed by atoms with van der Waals surface area (Å²) in [4.78, 5) is 11.4. The zero-order valence-electron chi connectivity index (χ0n) is 9.58. The number of hydrogen-bond donors (Lipinski definition) is 0. The van der Waals surface area contributed by atoms with Crippen LogP contribution in [0.5, 0.6) is 0 Å². The van der Waals surface area contributed by atoms with Crippen LogP contribution in [0.3, 0.4) is 0 Å². The minimum absolute atomic E-state index is 0.0419. The largest absolute Gasteiger partial charge is 0.303 e. The summed E-state index contributed by atoms with van der Waals surface area (Å²) >= 11 is 0. The summed E-state index contributed by atoms with van der Waals surface area (Å²) < 4.78 is 0. The number of carbonyl (C=O) groups is 1. The van der Waals surface area contributed by atoms with Gasteiger partial charge in [0.1, 0.15) is 6.04 Å². The van der Waals surface area contributed by atoms with Crippen molar-refractivity contribution in [3.8, 4) is 0 Å². The molecule has 0 aromatic rings. The van der Waals surface area contributed by atoms with E-state index in [1.54, 1.807) is 6.92 Å². The fourth-order valence-corrected chi connectivity index (χ4v) is 1.85. The van der Waals surface area contributed by atoms with Gasteiger partial charge in [0.15, 0.2) is 5.78 Å². The predicted molar refractivity (Wildman–Crippen MR) is 57.6 cm³/mol. The third-order valence-electron chi connectivity index (χ3n) is 2.76. The average molecular weight is 196 g/mol. The van der Waals surface area contributed by atoms with E-state index in [1.165, 1.54) is 5.57 Å². The number of ketones is 1. The Morgan fingerprint density at radius 3 is 2.71 bits per heavy atom. The number of rotatable bonds is 3. The van der Waals surface area contributed by atoms with Crippen LogP contribution in [0.25, 0.3) is 0 Å². The molecular weight excluding hydrogens is 176 g/mol. The fraction of sp³-hybridized carbons (Fsp3) is 0.727. The van der Waals surface area contributed by atoms with Crippen molar-refractivity contribution in [1.82, 2.24) is 10.0 Å². The van der Waals surface area contributed by atoms with Crippen molar-refractivity contribution >= 4 is 5.78 Å². The van der Waals surface area contributed by atoms with E-state index in [0.29, 0.717) is 0 Å². The molecule has 80 valence electrons. The van der Waals surface area contributed by atoms with E-state index in [9.17, 15) is 4.79 Å². The molecule has 0 radical (unpaired) electrons. The van der Waals surface area contributed by atoms with E-state index in [2.05, 4.69) is 13.1 Å². The third-order valence-corrected chi connectivity index (χ3v) is 2.76. The Morgan fingerprint density at radius 1 is 1.64 bits per heavy atom. The van der Waals surface area contributed by atoms with Crippen molar-refractivity contribution in [1.29, 1.82) is 0 Å². The van der Waals surface area contributed by atoms with Gasteiger partial charge < -0.3 is 5.01 Å². The van der Waals surface area contributed by atoms with Gasteiger partial charge in [-0.3, -0.25) is 4.79 Å². The van der Waals surface area contributed by atoms with Crippen LogP contribution in [0, 0.1) is 0 Å². The molecular formula is C11H20N2O. The molecule has 1 aliphatic heterocycles. The summed E-state index contributed by atoms with van der Waals surface area (Å²) in [5.74, 6) is 0.255. The Labute approximate surface area is 86.3 Å². The van der Waals surface area contributed by atoms with E-state index in [-0.39, 0.29) is 11.8 Å². The summed E-state index contributed by atoms with van der Waals surface area (Å²) in [6, 6.07) is 0.0419. The highest BCUT2D eigenvalue weighted by atomic mass is 16.1. The highest BCUT2D eigenvalue weighted by Crippen LogP contribution is 2.23. The van der Waals surface area contributed by atoms with Crippen molar-refractivity contribution in [2.75, 3.05) is 14.1 Å². The first-order chi connectivity index (χ1) is 6.56. The number of nitrogens with zero attached hydrogens (tertiary/aromatic N) is 2. The van der Waals surface area contributed by atoms with E-state index >= 15 is 0 Å². The Morgan fingerprint density at radius 2 is 2.29 bits per heavy atom. The maximum absolute atomic E-state index is 11.4. The Hall–Kier alpha value is -0.830. The molecule has 1 heterocycles. The minimum atomic E-state index is 0.0419. The van der Waals surface area contributed by atoms with Crippen LogP contribution < -0.4 is 0 Å². The predicted octanol–water partition coefficient (Wildman–Crippen LogP) is 1.81. The zero-order chi connectivity index (χ0) is 10.7. The number of Topliss-reactive ketones (excluding diaryl/α,β-unsaturated/α-hetero) is 1. The molecule has 0 spiro atoms. The van der Waals surface area contributed by atoms with Gasteiger partial charge in [-0.05, 0) is 26.2 Å². The summed E-state index contributed by atoms with van der Waals surface area (Å²) in [5.41, 5.74) is 1.43. The van der Waals surface area contributed by atoms with Gasteiger partial charge in [0, 0.05) is 20.3 Å². The lowest BCUT2D eigenvalue weighted by atomic mass is 9.98. The quantitative estimate of drug-likeness (QED) is 0.688. The maximum Gasteiger partial charge on any atom is 0.153 e. The first-order valence-electron chi connectivity index (χ1n) is 5.21. The Kier molecular flexibility index (Phi) is 3.69. The first kappa shape index (κ1) is 11.2. The fourth-order valence-electron chi connectivity index (χ4n) is 1.85. The van der Waals surface area contributed by atoms with E-state index in [0.717, 1.165) is 19.3 Å². The number of hydrazine groups is 1. The standard InChI is InChI=1S/C11H20N2O/c1-5-10-6-7-11(9(2)14)13(8-10)12(3)4/h8,11H,5-7H2,1-4H3. The van der Waals surface area contributed by atoms with Gasteiger partial charge in [-0.15, -0.1) is 0 Å². The van der Waals surface area contributed by atoms with E-state index in [4.69, 9.17) is 0 Å². The molecule has 0 fully saturated rings.